The average Bonchev–Trinajstić information content (AvgIpc) is 3.20. The minimum Gasteiger partial charge on any atom is -0.471 e. The standard InChI is InChI=1S/C23H23F2N7OS/c1-12-5-8-27-19(9-12)34-32-17-4-3-14(10-15(17)24)21-28-22-20(13(2)30-31-22)23(29-21)33-18-6-7-26-11-16(18)25/h3-5,8-10,16,18,26,32H,6-7,11H2,1-2H3,(H,28,29,30,31). The Hall–Kier alpha value is -3.31. The van der Waals surface area contributed by atoms with Gasteiger partial charge in [0.1, 0.15) is 28.5 Å². The van der Waals surface area contributed by atoms with E-state index in [0.29, 0.717) is 40.9 Å². The molecule has 0 aliphatic carbocycles. The molecule has 3 N–H and O–H groups in total. The van der Waals surface area contributed by atoms with Crippen LogP contribution in [0.5, 0.6) is 5.88 Å². The molecule has 3 aromatic heterocycles. The van der Waals surface area contributed by atoms with Gasteiger partial charge in [0.15, 0.2) is 11.5 Å². The fourth-order valence-corrected chi connectivity index (χ4v) is 4.46. The third-order valence-corrected chi connectivity index (χ3v) is 6.31. The normalized spacial score (nSPS) is 18.2. The van der Waals surface area contributed by atoms with Crippen molar-refractivity contribution in [3.8, 4) is 17.3 Å². The molecular weight excluding hydrogens is 460 g/mol. The molecule has 1 aliphatic heterocycles. The van der Waals surface area contributed by atoms with E-state index < -0.39 is 18.1 Å². The van der Waals surface area contributed by atoms with Crippen molar-refractivity contribution < 1.29 is 13.5 Å². The molecule has 0 spiro atoms. The Balaban J connectivity index is 1.42. The minimum absolute atomic E-state index is 0.228. The Bertz CT molecular complexity index is 1330. The molecule has 34 heavy (non-hydrogen) atoms. The molecule has 1 aromatic carbocycles. The summed E-state index contributed by atoms with van der Waals surface area (Å²) in [5.41, 5.74) is 2.92. The van der Waals surface area contributed by atoms with Crippen LogP contribution in [0.1, 0.15) is 17.7 Å². The lowest BCUT2D eigenvalue weighted by Gasteiger charge is -2.27. The molecule has 2 unspecified atom stereocenters. The number of piperidine rings is 1. The second-order valence-corrected chi connectivity index (χ2v) is 8.96. The molecule has 5 rings (SSSR count). The van der Waals surface area contributed by atoms with Gasteiger partial charge in [-0.2, -0.15) is 10.1 Å². The molecular formula is C23H23F2N7OS. The van der Waals surface area contributed by atoms with Gasteiger partial charge in [-0.25, -0.2) is 18.7 Å². The largest absolute Gasteiger partial charge is 0.471 e. The minimum atomic E-state index is -1.15. The fourth-order valence-electron chi connectivity index (χ4n) is 3.73. The molecule has 176 valence electrons. The van der Waals surface area contributed by atoms with Gasteiger partial charge in [0.2, 0.25) is 5.88 Å². The van der Waals surface area contributed by atoms with E-state index >= 15 is 0 Å². The third kappa shape index (κ3) is 4.66. The van der Waals surface area contributed by atoms with Gasteiger partial charge >= 0.3 is 0 Å². The molecule has 0 amide bonds. The molecule has 4 aromatic rings. The molecule has 4 heterocycles. The summed E-state index contributed by atoms with van der Waals surface area (Å²) in [5, 5.41) is 11.4. The molecule has 2 atom stereocenters. The summed E-state index contributed by atoms with van der Waals surface area (Å²) in [7, 11) is 0. The quantitative estimate of drug-likeness (QED) is 0.348. The lowest BCUT2D eigenvalue weighted by molar-refractivity contribution is 0.0707. The number of H-pyrrole nitrogens is 1. The summed E-state index contributed by atoms with van der Waals surface area (Å²) < 4.78 is 38.3. The molecule has 11 heteroatoms. The first-order chi connectivity index (χ1) is 16.5. The Morgan fingerprint density at radius 2 is 2.06 bits per heavy atom. The number of anilines is 1. The second-order valence-electron chi connectivity index (χ2n) is 8.13. The van der Waals surface area contributed by atoms with Crippen LogP contribution in [-0.2, 0) is 0 Å². The van der Waals surface area contributed by atoms with Crippen molar-refractivity contribution in [3.05, 3.63) is 53.6 Å². The van der Waals surface area contributed by atoms with Crippen molar-refractivity contribution in [1.29, 1.82) is 0 Å². The summed E-state index contributed by atoms with van der Waals surface area (Å²) in [6.07, 6.45) is 0.439. The summed E-state index contributed by atoms with van der Waals surface area (Å²) in [6, 6.07) is 8.47. The Kier molecular flexibility index (Phi) is 6.29. The van der Waals surface area contributed by atoms with Crippen LogP contribution in [0, 0.1) is 19.7 Å². The zero-order chi connectivity index (χ0) is 23.7. The number of nitrogens with one attached hydrogen (secondary N) is 3. The number of fused-ring (bicyclic) bond motifs is 1. The zero-order valence-corrected chi connectivity index (χ0v) is 19.4. The van der Waals surface area contributed by atoms with E-state index in [2.05, 4.69) is 35.2 Å². The van der Waals surface area contributed by atoms with E-state index in [1.54, 1.807) is 18.3 Å². The number of aryl methyl sites for hydroxylation is 2. The number of aromatic nitrogens is 5. The number of rotatable bonds is 6. The van der Waals surface area contributed by atoms with Crippen LogP contribution < -0.4 is 14.8 Å². The van der Waals surface area contributed by atoms with Gasteiger partial charge in [-0.05, 0) is 62.7 Å². The van der Waals surface area contributed by atoms with Crippen molar-refractivity contribution in [3.63, 3.8) is 0 Å². The van der Waals surface area contributed by atoms with Crippen LogP contribution in [0.15, 0.2) is 41.6 Å². The monoisotopic (exact) mass is 483 g/mol. The number of pyridine rings is 1. The van der Waals surface area contributed by atoms with Crippen LogP contribution in [-0.4, -0.2) is 50.5 Å². The first kappa shape index (κ1) is 22.5. The van der Waals surface area contributed by atoms with E-state index in [-0.39, 0.29) is 18.2 Å². The van der Waals surface area contributed by atoms with Crippen LogP contribution >= 0.6 is 11.9 Å². The zero-order valence-electron chi connectivity index (χ0n) is 18.6. The predicted molar refractivity (Wildman–Crippen MR) is 127 cm³/mol. The second kappa shape index (κ2) is 9.51. The molecule has 0 radical (unpaired) electrons. The summed E-state index contributed by atoms with van der Waals surface area (Å²) >= 11 is 1.22. The van der Waals surface area contributed by atoms with Gasteiger partial charge in [0.25, 0.3) is 0 Å². The van der Waals surface area contributed by atoms with Crippen molar-refractivity contribution in [1.82, 2.24) is 30.5 Å². The SMILES string of the molecule is Cc1ccnc(SNc2ccc(-c3nc(OC4CCNCC4F)c4c(C)[nH]nc4n3)cc2F)c1. The van der Waals surface area contributed by atoms with E-state index in [1.165, 1.54) is 18.0 Å². The van der Waals surface area contributed by atoms with Gasteiger partial charge in [-0.15, -0.1) is 0 Å². The van der Waals surface area contributed by atoms with Crippen molar-refractivity contribution in [2.45, 2.75) is 37.6 Å². The molecule has 0 bridgehead atoms. The van der Waals surface area contributed by atoms with E-state index in [9.17, 15) is 8.78 Å². The summed E-state index contributed by atoms with van der Waals surface area (Å²) in [4.78, 5) is 13.2. The lowest BCUT2D eigenvalue weighted by atomic mass is 10.1. The number of aromatic amines is 1. The number of benzene rings is 1. The number of nitrogens with zero attached hydrogens (tertiary/aromatic N) is 4. The maximum atomic E-state index is 14.9. The number of hydrogen-bond donors (Lipinski definition) is 3. The topological polar surface area (TPSA) is 101 Å². The van der Waals surface area contributed by atoms with Crippen LogP contribution in [0.25, 0.3) is 22.4 Å². The van der Waals surface area contributed by atoms with Crippen molar-refractivity contribution in [2.24, 2.45) is 0 Å². The summed E-state index contributed by atoms with van der Waals surface area (Å²) in [5.74, 6) is 0.0190. The first-order valence-electron chi connectivity index (χ1n) is 10.9. The maximum Gasteiger partial charge on any atom is 0.229 e. The fraction of sp³-hybridized carbons (Fsp3) is 0.304. The highest BCUT2D eigenvalue weighted by Gasteiger charge is 2.28. The number of hydrogen-bond acceptors (Lipinski definition) is 8. The Labute approximate surface area is 199 Å². The highest BCUT2D eigenvalue weighted by atomic mass is 32.2. The number of ether oxygens (including phenoxy) is 1. The van der Waals surface area contributed by atoms with E-state index in [0.717, 1.165) is 10.6 Å². The third-order valence-electron chi connectivity index (χ3n) is 5.56. The smallest absolute Gasteiger partial charge is 0.229 e. The maximum absolute atomic E-state index is 14.9. The molecule has 0 saturated carbocycles. The van der Waals surface area contributed by atoms with Crippen molar-refractivity contribution in [2.75, 3.05) is 17.8 Å². The lowest BCUT2D eigenvalue weighted by Crippen LogP contribution is -2.44. The highest BCUT2D eigenvalue weighted by Crippen LogP contribution is 2.31. The molecule has 1 fully saturated rings. The first-order valence-corrected chi connectivity index (χ1v) is 11.7. The van der Waals surface area contributed by atoms with Gasteiger partial charge in [0, 0.05) is 35.9 Å². The average molecular weight is 484 g/mol. The molecule has 8 nitrogen and oxygen atoms in total. The van der Waals surface area contributed by atoms with Gasteiger partial charge in [0.05, 0.1) is 5.69 Å². The molecule has 1 aliphatic rings. The predicted octanol–water partition coefficient (Wildman–Crippen LogP) is 4.37. The van der Waals surface area contributed by atoms with Crippen molar-refractivity contribution >= 4 is 28.7 Å². The van der Waals surface area contributed by atoms with E-state index in [4.69, 9.17) is 4.74 Å². The van der Waals surface area contributed by atoms with Crippen LogP contribution in [0.2, 0.25) is 0 Å². The number of halogens is 2. The van der Waals surface area contributed by atoms with Gasteiger partial charge in [-0.1, -0.05) is 0 Å². The van der Waals surface area contributed by atoms with Crippen LogP contribution in [0.4, 0.5) is 14.5 Å². The Morgan fingerprint density at radius 1 is 1.18 bits per heavy atom. The Morgan fingerprint density at radius 3 is 2.85 bits per heavy atom. The summed E-state index contributed by atoms with van der Waals surface area (Å²) in [6.45, 7) is 4.68. The molecule has 1 saturated heterocycles. The van der Waals surface area contributed by atoms with E-state index in [1.807, 2.05) is 26.0 Å². The number of alkyl halides is 1. The van der Waals surface area contributed by atoms with Gasteiger partial charge < -0.3 is 14.8 Å². The highest BCUT2D eigenvalue weighted by molar-refractivity contribution is 8.00. The van der Waals surface area contributed by atoms with Crippen LogP contribution in [0.3, 0.4) is 0 Å². The van der Waals surface area contributed by atoms with Gasteiger partial charge in [-0.3, -0.25) is 5.10 Å².